The van der Waals surface area contributed by atoms with Gasteiger partial charge in [-0.3, -0.25) is 4.90 Å². The van der Waals surface area contributed by atoms with Crippen molar-refractivity contribution in [2.75, 3.05) is 13.1 Å². The van der Waals surface area contributed by atoms with Crippen molar-refractivity contribution < 1.29 is 9.52 Å². The highest BCUT2D eigenvalue weighted by atomic mass is 16.4. The lowest BCUT2D eigenvalue weighted by Gasteiger charge is -2.43. The first-order valence-corrected chi connectivity index (χ1v) is 5.54. The van der Waals surface area contributed by atoms with Crippen molar-refractivity contribution in [3.05, 3.63) is 11.8 Å². The molecule has 1 aliphatic rings. The first-order chi connectivity index (χ1) is 7.26. The molecule has 1 aromatic rings. The zero-order chi connectivity index (χ0) is 12.0. The maximum absolute atomic E-state index is 9.59. The average Bonchev–Trinajstić information content (AvgIpc) is 2.48. The summed E-state index contributed by atoms with van der Waals surface area (Å²) in [6.07, 6.45) is 0. The van der Waals surface area contributed by atoms with Crippen LogP contribution in [0.25, 0.3) is 0 Å². The van der Waals surface area contributed by atoms with E-state index < -0.39 is 5.60 Å². The van der Waals surface area contributed by atoms with Gasteiger partial charge in [0.1, 0.15) is 0 Å². The van der Waals surface area contributed by atoms with E-state index in [9.17, 15) is 5.11 Å². The van der Waals surface area contributed by atoms with Crippen LogP contribution in [0.4, 0.5) is 0 Å². The number of nitrogens with zero attached hydrogens (tertiary/aromatic N) is 3. The van der Waals surface area contributed by atoms with Crippen LogP contribution in [0.1, 0.15) is 39.5 Å². The molecule has 0 saturated carbocycles. The molecule has 2 rings (SSSR count). The second-order valence-corrected chi connectivity index (χ2v) is 5.89. The Kier molecular flexibility index (Phi) is 2.55. The summed E-state index contributed by atoms with van der Waals surface area (Å²) in [4.78, 5) is 2.08. The van der Waals surface area contributed by atoms with Gasteiger partial charge in [0.05, 0.1) is 12.1 Å². The third-order valence-corrected chi connectivity index (χ3v) is 2.60. The van der Waals surface area contributed by atoms with Crippen molar-refractivity contribution >= 4 is 0 Å². The van der Waals surface area contributed by atoms with Crippen LogP contribution < -0.4 is 0 Å². The van der Waals surface area contributed by atoms with Crippen LogP contribution in [0.15, 0.2) is 4.42 Å². The molecule has 1 aliphatic heterocycles. The van der Waals surface area contributed by atoms with E-state index in [2.05, 4.69) is 15.1 Å². The number of rotatable bonds is 2. The second kappa shape index (κ2) is 3.53. The van der Waals surface area contributed by atoms with Crippen LogP contribution in [0.3, 0.4) is 0 Å². The number of aromatic nitrogens is 2. The Morgan fingerprint density at radius 3 is 2.44 bits per heavy atom. The summed E-state index contributed by atoms with van der Waals surface area (Å²) in [6.45, 7) is 9.91. The first-order valence-electron chi connectivity index (χ1n) is 5.54. The largest absolute Gasteiger partial charge is 0.423 e. The SMILES string of the molecule is CC1(O)CN(Cc2nnc(C(C)(C)C)o2)C1. The predicted molar refractivity (Wildman–Crippen MR) is 58.9 cm³/mol. The molecule has 0 spiro atoms. The average molecular weight is 225 g/mol. The van der Waals surface area contributed by atoms with E-state index in [1.54, 1.807) is 0 Å². The Morgan fingerprint density at radius 2 is 2.00 bits per heavy atom. The summed E-state index contributed by atoms with van der Waals surface area (Å²) in [5.74, 6) is 1.29. The van der Waals surface area contributed by atoms with Crippen LogP contribution in [0, 0.1) is 0 Å². The summed E-state index contributed by atoms with van der Waals surface area (Å²) in [5, 5.41) is 17.6. The maximum atomic E-state index is 9.59. The molecule has 0 aromatic carbocycles. The molecule has 5 heteroatoms. The van der Waals surface area contributed by atoms with Gasteiger partial charge in [0.15, 0.2) is 0 Å². The quantitative estimate of drug-likeness (QED) is 0.811. The van der Waals surface area contributed by atoms with E-state index in [0.29, 0.717) is 31.4 Å². The van der Waals surface area contributed by atoms with Crippen molar-refractivity contribution in [2.45, 2.75) is 45.3 Å². The van der Waals surface area contributed by atoms with Gasteiger partial charge in [-0.05, 0) is 6.92 Å². The minimum absolute atomic E-state index is 0.105. The molecule has 1 aromatic heterocycles. The Bertz CT molecular complexity index is 371. The molecule has 1 fully saturated rings. The third-order valence-electron chi connectivity index (χ3n) is 2.60. The van der Waals surface area contributed by atoms with E-state index >= 15 is 0 Å². The van der Waals surface area contributed by atoms with Crippen LogP contribution >= 0.6 is 0 Å². The van der Waals surface area contributed by atoms with Crippen LogP contribution in [-0.2, 0) is 12.0 Å². The fourth-order valence-corrected chi connectivity index (χ4v) is 1.84. The molecule has 0 aliphatic carbocycles. The molecule has 1 saturated heterocycles. The molecule has 5 nitrogen and oxygen atoms in total. The Labute approximate surface area is 95.5 Å². The van der Waals surface area contributed by atoms with Crippen molar-refractivity contribution in [3.8, 4) is 0 Å². The fourth-order valence-electron chi connectivity index (χ4n) is 1.84. The van der Waals surface area contributed by atoms with Gasteiger partial charge in [-0.1, -0.05) is 20.8 Å². The molecule has 1 N–H and O–H groups in total. The molecule has 0 atom stereocenters. The molecule has 2 heterocycles. The zero-order valence-electron chi connectivity index (χ0n) is 10.3. The lowest BCUT2D eigenvalue weighted by molar-refractivity contribution is -0.0898. The molecular formula is C11H19N3O2. The van der Waals surface area contributed by atoms with Crippen LogP contribution in [0.2, 0.25) is 0 Å². The molecule has 0 bridgehead atoms. The van der Waals surface area contributed by atoms with Crippen molar-refractivity contribution in [1.82, 2.24) is 15.1 Å². The molecule has 0 amide bonds. The summed E-state index contributed by atoms with van der Waals surface area (Å²) < 4.78 is 5.58. The van der Waals surface area contributed by atoms with E-state index in [1.165, 1.54) is 0 Å². The van der Waals surface area contributed by atoms with Crippen molar-refractivity contribution in [2.24, 2.45) is 0 Å². The number of β-amino-alcohol motifs (C(OH)–C–C–N with tert-alkyl or cyclic N) is 1. The highest BCUT2D eigenvalue weighted by Gasteiger charge is 2.37. The summed E-state index contributed by atoms with van der Waals surface area (Å²) in [7, 11) is 0. The standard InChI is InChI=1S/C11H19N3O2/c1-10(2,3)9-13-12-8(16-9)5-14-6-11(4,15)7-14/h15H,5-7H2,1-4H3. The summed E-state index contributed by atoms with van der Waals surface area (Å²) >= 11 is 0. The zero-order valence-corrected chi connectivity index (χ0v) is 10.3. The highest BCUT2D eigenvalue weighted by molar-refractivity contribution is 4.98. The van der Waals surface area contributed by atoms with Crippen molar-refractivity contribution in [3.63, 3.8) is 0 Å². The molecule has 0 unspecified atom stereocenters. The topological polar surface area (TPSA) is 62.4 Å². The molecule has 0 radical (unpaired) electrons. The molecule has 16 heavy (non-hydrogen) atoms. The van der Waals surface area contributed by atoms with Gasteiger partial charge in [0.25, 0.3) is 0 Å². The number of hydrogen-bond acceptors (Lipinski definition) is 5. The third kappa shape index (κ3) is 2.41. The van der Waals surface area contributed by atoms with Gasteiger partial charge in [-0.15, -0.1) is 10.2 Å². The van der Waals surface area contributed by atoms with Crippen LogP contribution in [0.5, 0.6) is 0 Å². The smallest absolute Gasteiger partial charge is 0.230 e. The second-order valence-electron chi connectivity index (χ2n) is 5.89. The summed E-state index contributed by atoms with van der Waals surface area (Å²) in [5.41, 5.74) is -0.654. The Balaban J connectivity index is 1.94. The van der Waals surface area contributed by atoms with Crippen LogP contribution in [-0.4, -0.2) is 38.9 Å². The van der Waals surface area contributed by atoms with Gasteiger partial charge < -0.3 is 9.52 Å². The van der Waals surface area contributed by atoms with E-state index in [0.717, 1.165) is 0 Å². The monoisotopic (exact) mass is 225 g/mol. The van der Waals surface area contributed by atoms with Gasteiger partial charge in [0.2, 0.25) is 11.8 Å². The lowest BCUT2D eigenvalue weighted by Crippen LogP contribution is -2.59. The Hall–Kier alpha value is -0.940. The van der Waals surface area contributed by atoms with Gasteiger partial charge in [-0.25, -0.2) is 0 Å². The number of aliphatic hydroxyl groups is 1. The Morgan fingerprint density at radius 1 is 1.38 bits per heavy atom. The maximum Gasteiger partial charge on any atom is 0.230 e. The predicted octanol–water partition coefficient (Wildman–Crippen LogP) is 0.934. The normalized spacial score (nSPS) is 20.8. The lowest BCUT2D eigenvalue weighted by atomic mass is 9.97. The number of likely N-dealkylation sites (tertiary alicyclic amines) is 1. The summed E-state index contributed by atoms with van der Waals surface area (Å²) in [6, 6.07) is 0. The minimum atomic E-state index is -0.549. The minimum Gasteiger partial charge on any atom is -0.423 e. The van der Waals surface area contributed by atoms with E-state index in [4.69, 9.17) is 4.42 Å². The van der Waals surface area contributed by atoms with Gasteiger partial charge >= 0.3 is 0 Å². The molecular weight excluding hydrogens is 206 g/mol. The van der Waals surface area contributed by atoms with E-state index in [-0.39, 0.29) is 5.41 Å². The van der Waals surface area contributed by atoms with Gasteiger partial charge in [-0.2, -0.15) is 0 Å². The van der Waals surface area contributed by atoms with Crippen molar-refractivity contribution in [1.29, 1.82) is 0 Å². The molecule has 90 valence electrons. The fraction of sp³-hybridized carbons (Fsp3) is 0.818. The van der Waals surface area contributed by atoms with E-state index in [1.807, 2.05) is 27.7 Å². The number of hydrogen-bond donors (Lipinski definition) is 1. The highest BCUT2D eigenvalue weighted by Crippen LogP contribution is 2.24. The van der Waals surface area contributed by atoms with Gasteiger partial charge in [0, 0.05) is 18.5 Å². The first kappa shape index (κ1) is 11.5.